The maximum atomic E-state index is 10.3. The standard InChI is InChI=1S/C14H25N3O/c1-3-4-11-5-7-12(8-6-11)13(18)9-14-15-10-16-17(14)2/h10-13,18H,3-9H2,1-2H3. The quantitative estimate of drug-likeness (QED) is 0.873. The average molecular weight is 251 g/mol. The van der Waals surface area contributed by atoms with Crippen molar-refractivity contribution in [3.05, 3.63) is 12.2 Å². The normalized spacial score (nSPS) is 26.2. The van der Waals surface area contributed by atoms with Crippen molar-refractivity contribution in [3.63, 3.8) is 0 Å². The van der Waals surface area contributed by atoms with Gasteiger partial charge in [-0.15, -0.1) is 0 Å². The summed E-state index contributed by atoms with van der Waals surface area (Å²) >= 11 is 0. The molecule has 0 aromatic carbocycles. The molecule has 0 amide bonds. The van der Waals surface area contributed by atoms with Gasteiger partial charge in [0.15, 0.2) is 0 Å². The van der Waals surface area contributed by atoms with Gasteiger partial charge in [0.1, 0.15) is 12.2 Å². The number of hydrogen-bond donors (Lipinski definition) is 1. The number of aliphatic hydroxyl groups excluding tert-OH is 1. The molecule has 1 aliphatic carbocycles. The van der Waals surface area contributed by atoms with Crippen LogP contribution >= 0.6 is 0 Å². The van der Waals surface area contributed by atoms with Crippen LogP contribution in [0.3, 0.4) is 0 Å². The lowest BCUT2D eigenvalue weighted by atomic mass is 9.77. The van der Waals surface area contributed by atoms with Crippen molar-refractivity contribution in [2.24, 2.45) is 18.9 Å². The molecular weight excluding hydrogens is 226 g/mol. The van der Waals surface area contributed by atoms with Crippen molar-refractivity contribution in [1.29, 1.82) is 0 Å². The molecule has 4 heteroatoms. The Morgan fingerprint density at radius 2 is 2.11 bits per heavy atom. The van der Waals surface area contributed by atoms with E-state index in [1.54, 1.807) is 11.0 Å². The smallest absolute Gasteiger partial charge is 0.138 e. The summed E-state index contributed by atoms with van der Waals surface area (Å²) in [4.78, 5) is 4.19. The zero-order valence-electron chi connectivity index (χ0n) is 11.5. The van der Waals surface area contributed by atoms with Crippen molar-refractivity contribution >= 4 is 0 Å². The monoisotopic (exact) mass is 251 g/mol. The molecule has 4 nitrogen and oxygen atoms in total. The Bertz CT molecular complexity index is 356. The second kappa shape index (κ2) is 6.32. The molecule has 1 aromatic heterocycles. The molecule has 1 fully saturated rings. The largest absolute Gasteiger partial charge is 0.392 e. The van der Waals surface area contributed by atoms with E-state index in [9.17, 15) is 5.11 Å². The first-order valence-corrected chi connectivity index (χ1v) is 7.21. The van der Waals surface area contributed by atoms with E-state index in [1.165, 1.54) is 38.5 Å². The fraction of sp³-hybridized carbons (Fsp3) is 0.857. The summed E-state index contributed by atoms with van der Waals surface area (Å²) in [5.74, 6) is 2.24. The number of aliphatic hydroxyl groups is 1. The molecule has 1 N–H and O–H groups in total. The highest BCUT2D eigenvalue weighted by Gasteiger charge is 2.26. The Morgan fingerprint density at radius 1 is 1.39 bits per heavy atom. The molecule has 102 valence electrons. The fourth-order valence-electron chi connectivity index (χ4n) is 3.13. The van der Waals surface area contributed by atoms with Crippen LogP contribution in [0.4, 0.5) is 0 Å². The molecule has 2 rings (SSSR count). The molecular formula is C14H25N3O. The van der Waals surface area contributed by atoms with Crippen LogP contribution in [0.1, 0.15) is 51.3 Å². The maximum absolute atomic E-state index is 10.3. The van der Waals surface area contributed by atoms with Gasteiger partial charge in [-0.25, -0.2) is 4.98 Å². The van der Waals surface area contributed by atoms with Crippen molar-refractivity contribution in [2.45, 2.75) is 58.0 Å². The van der Waals surface area contributed by atoms with Crippen LogP contribution in [0.2, 0.25) is 0 Å². The molecule has 1 aliphatic rings. The Kier molecular flexibility index (Phi) is 4.75. The van der Waals surface area contributed by atoms with Crippen molar-refractivity contribution in [1.82, 2.24) is 14.8 Å². The topological polar surface area (TPSA) is 50.9 Å². The van der Waals surface area contributed by atoms with Gasteiger partial charge in [0.25, 0.3) is 0 Å². The molecule has 1 atom stereocenters. The molecule has 0 aliphatic heterocycles. The lowest BCUT2D eigenvalue weighted by molar-refractivity contribution is 0.0706. The van der Waals surface area contributed by atoms with Gasteiger partial charge in [0.2, 0.25) is 0 Å². The van der Waals surface area contributed by atoms with Crippen LogP contribution in [0.15, 0.2) is 6.33 Å². The SMILES string of the molecule is CCCC1CCC(C(O)Cc2ncnn2C)CC1. The molecule has 0 bridgehead atoms. The summed E-state index contributed by atoms with van der Waals surface area (Å²) in [6.07, 6.45) is 9.49. The number of nitrogens with zero attached hydrogens (tertiary/aromatic N) is 3. The van der Waals surface area contributed by atoms with E-state index in [0.717, 1.165) is 11.7 Å². The summed E-state index contributed by atoms with van der Waals surface area (Å²) in [5.41, 5.74) is 0. The molecule has 1 heterocycles. The second-order valence-corrected chi connectivity index (χ2v) is 5.64. The Balaban J connectivity index is 1.80. The van der Waals surface area contributed by atoms with Gasteiger partial charge >= 0.3 is 0 Å². The average Bonchev–Trinajstić information content (AvgIpc) is 2.76. The minimum absolute atomic E-state index is 0.254. The van der Waals surface area contributed by atoms with Gasteiger partial charge in [-0.3, -0.25) is 4.68 Å². The highest BCUT2D eigenvalue weighted by Crippen LogP contribution is 2.33. The van der Waals surface area contributed by atoms with E-state index in [2.05, 4.69) is 17.0 Å². The van der Waals surface area contributed by atoms with Crippen LogP contribution in [-0.2, 0) is 13.5 Å². The van der Waals surface area contributed by atoms with Gasteiger partial charge in [-0.1, -0.05) is 32.6 Å². The van der Waals surface area contributed by atoms with Gasteiger partial charge < -0.3 is 5.11 Å². The maximum Gasteiger partial charge on any atom is 0.138 e. The van der Waals surface area contributed by atoms with E-state index in [0.29, 0.717) is 12.3 Å². The summed E-state index contributed by atoms with van der Waals surface area (Å²) < 4.78 is 1.76. The van der Waals surface area contributed by atoms with Crippen LogP contribution in [0, 0.1) is 11.8 Å². The number of rotatable bonds is 5. The van der Waals surface area contributed by atoms with E-state index in [4.69, 9.17) is 0 Å². The van der Waals surface area contributed by atoms with Gasteiger partial charge in [-0.2, -0.15) is 5.10 Å². The van der Waals surface area contributed by atoms with Crippen molar-refractivity contribution in [2.75, 3.05) is 0 Å². The third-order valence-corrected chi connectivity index (χ3v) is 4.33. The van der Waals surface area contributed by atoms with Gasteiger partial charge in [0, 0.05) is 13.5 Å². The van der Waals surface area contributed by atoms with Gasteiger partial charge in [0.05, 0.1) is 6.10 Å². The number of hydrogen-bond acceptors (Lipinski definition) is 3. The molecule has 0 radical (unpaired) electrons. The molecule has 1 saturated carbocycles. The molecule has 18 heavy (non-hydrogen) atoms. The predicted octanol–water partition coefficient (Wildman–Crippen LogP) is 2.33. The van der Waals surface area contributed by atoms with Crippen LogP contribution < -0.4 is 0 Å². The predicted molar refractivity (Wildman–Crippen MR) is 71.1 cm³/mol. The summed E-state index contributed by atoms with van der Waals surface area (Å²) in [7, 11) is 1.88. The van der Waals surface area contributed by atoms with E-state index < -0.39 is 0 Å². The molecule has 1 aromatic rings. The Morgan fingerprint density at radius 3 is 2.67 bits per heavy atom. The number of aryl methyl sites for hydroxylation is 1. The molecule has 1 unspecified atom stereocenters. The third-order valence-electron chi connectivity index (χ3n) is 4.33. The Hall–Kier alpha value is -0.900. The number of aromatic nitrogens is 3. The first-order chi connectivity index (χ1) is 8.70. The fourth-order valence-corrected chi connectivity index (χ4v) is 3.13. The minimum Gasteiger partial charge on any atom is -0.392 e. The van der Waals surface area contributed by atoms with E-state index in [-0.39, 0.29) is 6.10 Å². The molecule has 0 spiro atoms. The van der Waals surface area contributed by atoms with E-state index >= 15 is 0 Å². The summed E-state index contributed by atoms with van der Waals surface area (Å²) in [6, 6.07) is 0. The first kappa shape index (κ1) is 13.5. The summed E-state index contributed by atoms with van der Waals surface area (Å²) in [6.45, 7) is 2.26. The van der Waals surface area contributed by atoms with Gasteiger partial charge in [-0.05, 0) is 24.7 Å². The lowest BCUT2D eigenvalue weighted by Crippen LogP contribution is -2.28. The van der Waals surface area contributed by atoms with Crippen LogP contribution in [0.5, 0.6) is 0 Å². The first-order valence-electron chi connectivity index (χ1n) is 7.21. The zero-order chi connectivity index (χ0) is 13.0. The summed E-state index contributed by atoms with van der Waals surface area (Å²) in [5, 5.41) is 14.4. The Labute approximate surface area is 109 Å². The highest BCUT2D eigenvalue weighted by molar-refractivity contribution is 4.89. The van der Waals surface area contributed by atoms with Crippen LogP contribution in [-0.4, -0.2) is 26.0 Å². The minimum atomic E-state index is -0.254. The van der Waals surface area contributed by atoms with Crippen molar-refractivity contribution in [3.8, 4) is 0 Å². The lowest BCUT2D eigenvalue weighted by Gasteiger charge is -2.31. The highest BCUT2D eigenvalue weighted by atomic mass is 16.3. The molecule has 0 saturated heterocycles. The third kappa shape index (κ3) is 3.31. The zero-order valence-corrected chi connectivity index (χ0v) is 11.5. The van der Waals surface area contributed by atoms with Crippen LogP contribution in [0.25, 0.3) is 0 Å². The van der Waals surface area contributed by atoms with E-state index in [1.807, 2.05) is 7.05 Å². The second-order valence-electron chi connectivity index (χ2n) is 5.64. The van der Waals surface area contributed by atoms with Crippen molar-refractivity contribution < 1.29 is 5.11 Å².